The molecule has 1 aromatic heterocycles. The highest BCUT2D eigenvalue weighted by molar-refractivity contribution is 7.99. The molecule has 0 radical (unpaired) electrons. The van der Waals surface area contributed by atoms with Gasteiger partial charge in [-0.3, -0.25) is 9.36 Å². The molecule has 1 N–H and O–H groups in total. The van der Waals surface area contributed by atoms with Crippen molar-refractivity contribution in [3.63, 3.8) is 0 Å². The average molecular weight is 399 g/mol. The molecule has 5 nitrogen and oxygen atoms in total. The number of thioether (sulfide) groups is 1. The van der Waals surface area contributed by atoms with E-state index in [0.29, 0.717) is 22.5 Å². The fourth-order valence-corrected chi connectivity index (χ4v) is 3.43. The van der Waals surface area contributed by atoms with Crippen molar-refractivity contribution in [3.05, 3.63) is 71.8 Å². The van der Waals surface area contributed by atoms with Crippen molar-refractivity contribution in [2.75, 3.05) is 11.1 Å². The van der Waals surface area contributed by atoms with Gasteiger partial charge in [-0.25, -0.2) is 0 Å². The van der Waals surface area contributed by atoms with E-state index in [9.17, 15) is 4.79 Å². The van der Waals surface area contributed by atoms with Gasteiger partial charge >= 0.3 is 0 Å². The Morgan fingerprint density at radius 2 is 2.04 bits per heavy atom. The summed E-state index contributed by atoms with van der Waals surface area (Å²) in [6, 6.07) is 15.1. The first kappa shape index (κ1) is 19.2. The van der Waals surface area contributed by atoms with Gasteiger partial charge in [-0.05, 0) is 31.2 Å². The lowest BCUT2D eigenvalue weighted by molar-refractivity contribution is -0.113. The summed E-state index contributed by atoms with van der Waals surface area (Å²) >= 11 is 7.42. The predicted octanol–water partition coefficient (Wildman–Crippen LogP) is 4.82. The van der Waals surface area contributed by atoms with Gasteiger partial charge in [0.15, 0.2) is 11.0 Å². The van der Waals surface area contributed by atoms with Crippen molar-refractivity contribution >= 4 is 35.0 Å². The Morgan fingerprint density at radius 3 is 2.74 bits per heavy atom. The van der Waals surface area contributed by atoms with Crippen LogP contribution in [-0.4, -0.2) is 26.4 Å². The Balaban J connectivity index is 1.72. The van der Waals surface area contributed by atoms with E-state index in [-0.39, 0.29) is 11.7 Å². The predicted molar refractivity (Wildman–Crippen MR) is 111 cm³/mol. The number of rotatable bonds is 7. The van der Waals surface area contributed by atoms with E-state index in [1.165, 1.54) is 11.8 Å². The van der Waals surface area contributed by atoms with E-state index in [1.54, 1.807) is 6.08 Å². The first-order chi connectivity index (χ1) is 13.1. The zero-order valence-corrected chi connectivity index (χ0v) is 16.4. The zero-order chi connectivity index (χ0) is 19.2. The molecule has 0 unspecified atom stereocenters. The quantitative estimate of drug-likeness (QED) is 0.457. The Bertz CT molecular complexity index is 953. The molecule has 0 aliphatic heterocycles. The van der Waals surface area contributed by atoms with Crippen LogP contribution >= 0.6 is 23.4 Å². The minimum absolute atomic E-state index is 0.0960. The molecule has 2 aromatic carbocycles. The molecule has 138 valence electrons. The summed E-state index contributed by atoms with van der Waals surface area (Å²) in [4.78, 5) is 12.2. The lowest BCUT2D eigenvalue weighted by Crippen LogP contribution is -2.14. The van der Waals surface area contributed by atoms with E-state index in [2.05, 4.69) is 22.1 Å². The number of carbonyl (C=O) groups is 1. The molecule has 1 heterocycles. The van der Waals surface area contributed by atoms with E-state index in [1.807, 2.05) is 60.0 Å². The summed E-state index contributed by atoms with van der Waals surface area (Å²) in [5, 5.41) is 12.7. The summed E-state index contributed by atoms with van der Waals surface area (Å²) in [5.74, 6) is 0.832. The fourth-order valence-electron chi connectivity index (χ4n) is 2.49. The van der Waals surface area contributed by atoms with Crippen molar-refractivity contribution in [2.45, 2.75) is 18.6 Å². The third-order valence-corrected chi connectivity index (χ3v) is 4.98. The van der Waals surface area contributed by atoms with Crippen LogP contribution in [0.2, 0.25) is 5.02 Å². The van der Waals surface area contributed by atoms with Gasteiger partial charge in [0.25, 0.3) is 0 Å². The van der Waals surface area contributed by atoms with Crippen LogP contribution < -0.4 is 5.32 Å². The molecule has 0 atom stereocenters. The highest BCUT2D eigenvalue weighted by Crippen LogP contribution is 2.26. The lowest BCUT2D eigenvalue weighted by atomic mass is 10.2. The van der Waals surface area contributed by atoms with Gasteiger partial charge in [0.2, 0.25) is 5.91 Å². The molecule has 7 heteroatoms. The monoisotopic (exact) mass is 398 g/mol. The Kier molecular flexibility index (Phi) is 6.32. The third-order valence-electron chi connectivity index (χ3n) is 3.78. The van der Waals surface area contributed by atoms with Gasteiger partial charge in [0.05, 0.1) is 5.75 Å². The topological polar surface area (TPSA) is 59.8 Å². The molecule has 0 saturated heterocycles. The number of halogens is 1. The molecule has 0 spiro atoms. The highest BCUT2D eigenvalue weighted by Gasteiger charge is 2.15. The smallest absolute Gasteiger partial charge is 0.234 e. The molecule has 3 rings (SSSR count). The van der Waals surface area contributed by atoms with E-state index in [4.69, 9.17) is 11.6 Å². The van der Waals surface area contributed by atoms with Crippen molar-refractivity contribution < 1.29 is 4.79 Å². The van der Waals surface area contributed by atoms with Gasteiger partial charge in [0.1, 0.15) is 0 Å². The van der Waals surface area contributed by atoms with Crippen LogP contribution in [-0.2, 0) is 11.3 Å². The Labute approximate surface area is 167 Å². The second kappa shape index (κ2) is 8.88. The zero-order valence-electron chi connectivity index (χ0n) is 14.9. The first-order valence-electron chi connectivity index (χ1n) is 8.36. The number of amides is 1. The van der Waals surface area contributed by atoms with Gasteiger partial charge in [-0.1, -0.05) is 59.3 Å². The van der Waals surface area contributed by atoms with E-state index in [0.717, 1.165) is 16.8 Å². The highest BCUT2D eigenvalue weighted by atomic mass is 35.5. The van der Waals surface area contributed by atoms with Crippen molar-refractivity contribution in [1.82, 2.24) is 14.8 Å². The van der Waals surface area contributed by atoms with Crippen molar-refractivity contribution in [2.24, 2.45) is 0 Å². The number of allylic oxidation sites excluding steroid dienone is 1. The minimum atomic E-state index is -0.0960. The van der Waals surface area contributed by atoms with Gasteiger partial charge in [-0.15, -0.1) is 16.8 Å². The van der Waals surface area contributed by atoms with E-state index >= 15 is 0 Å². The number of aryl methyl sites for hydroxylation is 1. The number of hydrogen-bond acceptors (Lipinski definition) is 4. The van der Waals surface area contributed by atoms with Crippen LogP contribution in [0.1, 0.15) is 5.56 Å². The second-order valence-electron chi connectivity index (χ2n) is 5.92. The fraction of sp³-hybridized carbons (Fsp3) is 0.150. The molecule has 0 bridgehead atoms. The molecule has 0 fully saturated rings. The van der Waals surface area contributed by atoms with Gasteiger partial charge in [-0.2, -0.15) is 0 Å². The number of hydrogen-bond donors (Lipinski definition) is 1. The Hall–Kier alpha value is -2.57. The maximum atomic E-state index is 12.2. The van der Waals surface area contributed by atoms with Crippen LogP contribution in [0, 0.1) is 6.92 Å². The van der Waals surface area contributed by atoms with Crippen molar-refractivity contribution in [3.8, 4) is 11.4 Å². The number of carbonyl (C=O) groups excluding carboxylic acids is 1. The lowest BCUT2D eigenvalue weighted by Gasteiger charge is -2.08. The average Bonchev–Trinajstić information content (AvgIpc) is 3.05. The van der Waals surface area contributed by atoms with Crippen LogP contribution in [0.15, 0.2) is 66.3 Å². The van der Waals surface area contributed by atoms with Gasteiger partial charge in [0, 0.05) is 22.8 Å². The molecule has 1 amide bonds. The van der Waals surface area contributed by atoms with Crippen molar-refractivity contribution in [1.29, 1.82) is 0 Å². The number of aromatic nitrogens is 3. The number of nitrogens with zero attached hydrogens (tertiary/aromatic N) is 3. The third kappa shape index (κ3) is 4.99. The molecule has 3 aromatic rings. The van der Waals surface area contributed by atoms with Crippen LogP contribution in [0.5, 0.6) is 0 Å². The Morgan fingerprint density at radius 1 is 1.26 bits per heavy atom. The summed E-state index contributed by atoms with van der Waals surface area (Å²) < 4.78 is 1.92. The second-order valence-corrected chi connectivity index (χ2v) is 7.30. The number of benzene rings is 2. The van der Waals surface area contributed by atoms with Crippen LogP contribution in [0.4, 0.5) is 5.69 Å². The standard InChI is InChI=1S/C20H19ClN4OS/c1-3-11-25-19(15-5-4-6-16(21)12-15)23-24-20(25)27-13-18(26)22-17-9-7-14(2)8-10-17/h3-10,12H,1,11,13H2,2H3,(H,22,26). The summed E-state index contributed by atoms with van der Waals surface area (Å²) in [5.41, 5.74) is 2.79. The largest absolute Gasteiger partial charge is 0.325 e. The first-order valence-corrected chi connectivity index (χ1v) is 9.72. The summed E-state index contributed by atoms with van der Waals surface area (Å²) in [7, 11) is 0. The molecule has 27 heavy (non-hydrogen) atoms. The minimum Gasteiger partial charge on any atom is -0.325 e. The van der Waals surface area contributed by atoms with Crippen LogP contribution in [0.3, 0.4) is 0 Å². The normalized spacial score (nSPS) is 10.6. The molecule has 0 saturated carbocycles. The van der Waals surface area contributed by atoms with Crippen LogP contribution in [0.25, 0.3) is 11.4 Å². The molecule has 0 aliphatic rings. The van der Waals surface area contributed by atoms with Gasteiger partial charge < -0.3 is 5.32 Å². The number of nitrogens with one attached hydrogen (secondary N) is 1. The molecular formula is C20H19ClN4OS. The summed E-state index contributed by atoms with van der Waals surface area (Å²) in [6.07, 6.45) is 1.77. The van der Waals surface area contributed by atoms with E-state index < -0.39 is 0 Å². The SMILES string of the molecule is C=CCn1c(SCC(=O)Nc2ccc(C)cc2)nnc1-c1cccc(Cl)c1. The maximum Gasteiger partial charge on any atom is 0.234 e. The molecular weight excluding hydrogens is 380 g/mol. The maximum absolute atomic E-state index is 12.2. The molecule has 0 aliphatic carbocycles. The number of anilines is 1. The summed E-state index contributed by atoms with van der Waals surface area (Å²) in [6.45, 7) is 6.34.